The minimum absolute atomic E-state index is 0.266. The van der Waals surface area contributed by atoms with Crippen LogP contribution in [-0.4, -0.2) is 54.3 Å². The maximum absolute atomic E-state index is 13.7. The van der Waals surface area contributed by atoms with Gasteiger partial charge < -0.3 is 20.9 Å². The lowest BCUT2D eigenvalue weighted by atomic mass is 9.85. The maximum Gasteiger partial charge on any atom is 0.246 e. The summed E-state index contributed by atoms with van der Waals surface area (Å²) in [5, 5.41) is 8.30. The highest BCUT2D eigenvalue weighted by atomic mass is 19.2. The van der Waals surface area contributed by atoms with Crippen molar-refractivity contribution in [1.29, 1.82) is 0 Å². The first-order valence-electron chi connectivity index (χ1n) is 11.1. The summed E-state index contributed by atoms with van der Waals surface area (Å²) in [5.74, 6) is -3.39. The van der Waals surface area contributed by atoms with Crippen molar-refractivity contribution in [1.82, 2.24) is 15.5 Å². The normalized spacial score (nSPS) is 18.8. The Labute approximate surface area is 194 Å². The fourth-order valence-corrected chi connectivity index (χ4v) is 3.85. The number of carbonyl (C=O) groups is 3. The number of carbonyl (C=O) groups excluding carboxylic acids is 3. The number of nitrogens with zero attached hydrogens (tertiary/aromatic N) is 1. The highest BCUT2D eigenvalue weighted by Gasteiger charge is 2.42. The quantitative estimate of drug-likeness (QED) is 0.516. The molecular weight excluding hydrogens is 430 g/mol. The molecule has 1 saturated heterocycles. The van der Waals surface area contributed by atoms with Gasteiger partial charge in [-0.05, 0) is 30.4 Å². The smallest absolute Gasteiger partial charge is 0.246 e. The molecule has 0 radical (unpaired) electrons. The second kappa shape index (κ2) is 10.8. The van der Waals surface area contributed by atoms with Crippen molar-refractivity contribution < 1.29 is 23.2 Å². The fraction of sp³-hybridized carbons (Fsp3) is 0.542. The first-order chi connectivity index (χ1) is 15.4. The molecule has 182 valence electrons. The molecule has 3 unspecified atom stereocenters. The number of likely N-dealkylation sites (tertiary alicyclic amines) is 1. The molecule has 0 aliphatic carbocycles. The molecule has 0 spiro atoms. The standard InChI is InChI=1S/C24H34F2N4O3/c1-7-14(2)19(22(32)27-6)29-21(31)18-9-8-12-30(18)23(33)20(24(3,4)5)28-15-10-11-16(25)17(26)13-15/h7,10-11,13-14,18-20,28H,1,8-9,12H2,2-6H3,(H,27,32)(H,29,31)/t14-,18?,19?,20?/m0/s1. The number of hydrogen-bond donors (Lipinski definition) is 3. The lowest BCUT2D eigenvalue weighted by molar-refractivity contribution is -0.141. The topological polar surface area (TPSA) is 90.5 Å². The lowest BCUT2D eigenvalue weighted by Gasteiger charge is -2.36. The van der Waals surface area contributed by atoms with Crippen LogP contribution in [0.25, 0.3) is 0 Å². The molecule has 0 bridgehead atoms. The zero-order valence-electron chi connectivity index (χ0n) is 19.9. The van der Waals surface area contributed by atoms with Crippen molar-refractivity contribution in [3.8, 4) is 0 Å². The third-order valence-corrected chi connectivity index (χ3v) is 5.91. The Hall–Kier alpha value is -2.97. The molecule has 1 aromatic carbocycles. The molecule has 0 aromatic heterocycles. The van der Waals surface area contributed by atoms with E-state index in [9.17, 15) is 23.2 Å². The van der Waals surface area contributed by atoms with Crippen LogP contribution in [0, 0.1) is 23.0 Å². The van der Waals surface area contributed by atoms with Crippen LogP contribution in [0.1, 0.15) is 40.5 Å². The molecule has 2 rings (SSSR count). The zero-order valence-corrected chi connectivity index (χ0v) is 19.9. The number of anilines is 1. The van der Waals surface area contributed by atoms with Crippen LogP contribution in [0.4, 0.5) is 14.5 Å². The Balaban J connectivity index is 2.25. The molecule has 0 saturated carbocycles. The van der Waals surface area contributed by atoms with Crippen LogP contribution in [-0.2, 0) is 14.4 Å². The Kier molecular flexibility index (Phi) is 8.57. The van der Waals surface area contributed by atoms with Gasteiger partial charge in [-0.25, -0.2) is 8.78 Å². The number of nitrogens with one attached hydrogen (secondary N) is 3. The molecule has 9 heteroatoms. The molecule has 1 heterocycles. The lowest BCUT2D eigenvalue weighted by Crippen LogP contribution is -2.57. The molecule has 3 amide bonds. The van der Waals surface area contributed by atoms with Crippen LogP contribution in [0.3, 0.4) is 0 Å². The van der Waals surface area contributed by atoms with E-state index < -0.39 is 41.1 Å². The van der Waals surface area contributed by atoms with Gasteiger partial charge in [0.1, 0.15) is 18.1 Å². The SMILES string of the molecule is C=C[C@H](C)C(NC(=O)C1CCCN1C(=O)C(Nc1ccc(F)c(F)c1)C(C)(C)C)C(=O)NC. The minimum Gasteiger partial charge on any atom is -0.373 e. The number of amides is 3. The van der Waals surface area contributed by atoms with E-state index in [0.29, 0.717) is 19.4 Å². The highest BCUT2D eigenvalue weighted by molar-refractivity contribution is 5.94. The van der Waals surface area contributed by atoms with Gasteiger partial charge in [0, 0.05) is 31.3 Å². The van der Waals surface area contributed by atoms with Gasteiger partial charge in [-0.2, -0.15) is 0 Å². The van der Waals surface area contributed by atoms with E-state index in [-0.39, 0.29) is 23.4 Å². The van der Waals surface area contributed by atoms with Gasteiger partial charge in [0.25, 0.3) is 0 Å². The van der Waals surface area contributed by atoms with Gasteiger partial charge in [0.2, 0.25) is 17.7 Å². The summed E-state index contributed by atoms with van der Waals surface area (Å²) in [5.41, 5.74) is -0.324. The van der Waals surface area contributed by atoms with Crippen molar-refractivity contribution in [3.63, 3.8) is 0 Å². The van der Waals surface area contributed by atoms with Gasteiger partial charge in [-0.3, -0.25) is 14.4 Å². The second-order valence-electron chi connectivity index (χ2n) is 9.46. The molecule has 1 aromatic rings. The molecule has 3 N–H and O–H groups in total. The van der Waals surface area contributed by atoms with Crippen LogP contribution in [0.15, 0.2) is 30.9 Å². The van der Waals surface area contributed by atoms with E-state index in [1.165, 1.54) is 18.0 Å². The third kappa shape index (κ3) is 6.30. The van der Waals surface area contributed by atoms with E-state index in [4.69, 9.17) is 0 Å². The van der Waals surface area contributed by atoms with Crippen LogP contribution in [0.2, 0.25) is 0 Å². The number of rotatable bonds is 8. The predicted octanol–water partition coefficient (Wildman–Crippen LogP) is 2.84. The average molecular weight is 465 g/mol. The van der Waals surface area contributed by atoms with Crippen molar-refractivity contribution in [2.45, 2.75) is 58.7 Å². The van der Waals surface area contributed by atoms with Crippen molar-refractivity contribution in [2.24, 2.45) is 11.3 Å². The van der Waals surface area contributed by atoms with Crippen LogP contribution in [0.5, 0.6) is 0 Å². The largest absolute Gasteiger partial charge is 0.373 e. The van der Waals surface area contributed by atoms with Crippen molar-refractivity contribution in [2.75, 3.05) is 18.9 Å². The Morgan fingerprint density at radius 2 is 1.88 bits per heavy atom. The van der Waals surface area contributed by atoms with Crippen LogP contribution < -0.4 is 16.0 Å². The number of benzene rings is 1. The van der Waals surface area contributed by atoms with E-state index in [1.807, 2.05) is 20.8 Å². The van der Waals surface area contributed by atoms with E-state index in [2.05, 4.69) is 22.5 Å². The Bertz CT molecular complexity index is 900. The summed E-state index contributed by atoms with van der Waals surface area (Å²) >= 11 is 0. The Morgan fingerprint density at radius 1 is 1.21 bits per heavy atom. The second-order valence-corrected chi connectivity index (χ2v) is 9.46. The van der Waals surface area contributed by atoms with Crippen molar-refractivity contribution in [3.05, 3.63) is 42.5 Å². The van der Waals surface area contributed by atoms with Gasteiger partial charge in [-0.1, -0.05) is 33.8 Å². The molecule has 1 aliphatic heterocycles. The summed E-state index contributed by atoms with van der Waals surface area (Å²) in [4.78, 5) is 40.4. The van der Waals surface area contributed by atoms with Crippen molar-refractivity contribution >= 4 is 23.4 Å². The zero-order chi connectivity index (χ0) is 24.9. The first kappa shape index (κ1) is 26.3. The van der Waals surface area contributed by atoms with E-state index in [0.717, 1.165) is 12.1 Å². The van der Waals surface area contributed by atoms with E-state index in [1.54, 1.807) is 13.0 Å². The molecule has 1 aliphatic rings. The number of hydrogen-bond acceptors (Lipinski definition) is 4. The maximum atomic E-state index is 13.7. The summed E-state index contributed by atoms with van der Waals surface area (Å²) in [7, 11) is 1.49. The summed E-state index contributed by atoms with van der Waals surface area (Å²) < 4.78 is 27.0. The average Bonchev–Trinajstić information content (AvgIpc) is 3.25. The predicted molar refractivity (Wildman–Crippen MR) is 123 cm³/mol. The highest BCUT2D eigenvalue weighted by Crippen LogP contribution is 2.29. The minimum atomic E-state index is -1.02. The summed E-state index contributed by atoms with van der Waals surface area (Å²) in [6.07, 6.45) is 2.68. The van der Waals surface area contributed by atoms with Gasteiger partial charge in [-0.15, -0.1) is 6.58 Å². The van der Waals surface area contributed by atoms with Gasteiger partial charge in [0.05, 0.1) is 0 Å². The molecular formula is C24H34F2N4O3. The molecule has 7 nitrogen and oxygen atoms in total. The van der Waals surface area contributed by atoms with Crippen LogP contribution >= 0.6 is 0 Å². The first-order valence-corrected chi connectivity index (χ1v) is 11.1. The third-order valence-electron chi connectivity index (χ3n) is 5.91. The fourth-order valence-electron chi connectivity index (χ4n) is 3.85. The molecule has 1 fully saturated rings. The Morgan fingerprint density at radius 3 is 2.42 bits per heavy atom. The molecule has 33 heavy (non-hydrogen) atoms. The van der Waals surface area contributed by atoms with Gasteiger partial charge >= 0.3 is 0 Å². The summed E-state index contributed by atoms with van der Waals surface area (Å²) in [6, 6.07) is 1.02. The number of halogens is 2. The van der Waals surface area contributed by atoms with Gasteiger partial charge in [0.15, 0.2) is 11.6 Å². The van der Waals surface area contributed by atoms with E-state index >= 15 is 0 Å². The number of likely N-dealkylation sites (N-methyl/N-ethyl adjacent to an activating group) is 1. The molecule has 4 atom stereocenters. The monoisotopic (exact) mass is 464 g/mol. The summed E-state index contributed by atoms with van der Waals surface area (Å²) in [6.45, 7) is 11.4.